The fraction of sp³-hybridized carbons (Fsp3) is 0.400. The van der Waals surface area contributed by atoms with Crippen molar-refractivity contribution < 1.29 is 4.79 Å². The van der Waals surface area contributed by atoms with Gasteiger partial charge in [-0.1, -0.05) is 35.9 Å². The molecule has 0 spiro atoms. The molecule has 2 aliphatic heterocycles. The van der Waals surface area contributed by atoms with Crippen molar-refractivity contribution in [1.82, 2.24) is 9.88 Å². The maximum Gasteiger partial charge on any atom is 0.226 e. The number of rotatable bonds is 2. The Kier molecular flexibility index (Phi) is 4.62. The van der Waals surface area contributed by atoms with Gasteiger partial charge in [-0.15, -0.1) is 0 Å². The second-order valence-electron chi connectivity index (χ2n) is 6.87. The van der Waals surface area contributed by atoms with Crippen molar-refractivity contribution in [2.45, 2.75) is 25.8 Å². The molecule has 25 heavy (non-hydrogen) atoms. The van der Waals surface area contributed by atoms with Gasteiger partial charge < -0.3 is 9.80 Å². The molecule has 1 saturated heterocycles. The highest BCUT2D eigenvalue weighted by Gasteiger charge is 2.30. The van der Waals surface area contributed by atoms with Gasteiger partial charge in [-0.25, -0.2) is 0 Å². The molecule has 1 aromatic carbocycles. The summed E-state index contributed by atoms with van der Waals surface area (Å²) in [6, 6.07) is 10.4. The predicted molar refractivity (Wildman–Crippen MR) is 99.7 cm³/mol. The van der Waals surface area contributed by atoms with Crippen LogP contribution in [0.1, 0.15) is 24.0 Å². The number of aromatic nitrogens is 1. The second kappa shape index (κ2) is 7.04. The number of benzene rings is 1. The van der Waals surface area contributed by atoms with Gasteiger partial charge >= 0.3 is 0 Å². The monoisotopic (exact) mass is 355 g/mol. The molecule has 4 rings (SSSR count). The molecule has 0 unspecified atom stereocenters. The van der Waals surface area contributed by atoms with E-state index in [4.69, 9.17) is 11.6 Å². The first kappa shape index (κ1) is 16.4. The Morgan fingerprint density at radius 2 is 1.84 bits per heavy atom. The number of carbonyl (C=O) groups is 1. The van der Waals surface area contributed by atoms with E-state index >= 15 is 0 Å². The highest BCUT2D eigenvalue weighted by Crippen LogP contribution is 2.30. The molecule has 0 bridgehead atoms. The maximum atomic E-state index is 12.9. The smallest absolute Gasteiger partial charge is 0.226 e. The van der Waals surface area contributed by atoms with Gasteiger partial charge in [-0.3, -0.25) is 9.78 Å². The van der Waals surface area contributed by atoms with E-state index in [9.17, 15) is 4.79 Å². The zero-order valence-corrected chi connectivity index (χ0v) is 15.0. The Morgan fingerprint density at radius 1 is 1.08 bits per heavy atom. The summed E-state index contributed by atoms with van der Waals surface area (Å²) in [6.07, 6.45) is 6.18. The molecule has 0 N–H and O–H groups in total. The summed E-state index contributed by atoms with van der Waals surface area (Å²) in [5, 5.41) is 0.680. The Balaban J connectivity index is 1.38. The standard InChI is InChI=1S/C20H22ClN3O/c21-18-13-22-9-5-19(18)23-10-7-16(8-11-23)20(25)24-12-6-15-3-1-2-4-17(15)14-24/h1-5,9,13,16H,6-8,10-12,14H2. The first-order chi connectivity index (χ1) is 12.2. The summed E-state index contributed by atoms with van der Waals surface area (Å²) < 4.78 is 0. The van der Waals surface area contributed by atoms with E-state index in [0.29, 0.717) is 10.9 Å². The van der Waals surface area contributed by atoms with Gasteiger partial charge in [-0.05, 0) is 36.5 Å². The average molecular weight is 356 g/mol. The molecule has 0 atom stereocenters. The molecule has 3 heterocycles. The van der Waals surface area contributed by atoms with Crippen LogP contribution in [0.3, 0.4) is 0 Å². The van der Waals surface area contributed by atoms with Crippen LogP contribution in [0.5, 0.6) is 0 Å². The molecule has 1 aromatic heterocycles. The van der Waals surface area contributed by atoms with Crippen LogP contribution in [0.25, 0.3) is 0 Å². The van der Waals surface area contributed by atoms with Crippen molar-refractivity contribution in [1.29, 1.82) is 0 Å². The highest BCUT2D eigenvalue weighted by atomic mass is 35.5. The summed E-state index contributed by atoms with van der Waals surface area (Å²) in [4.78, 5) is 21.3. The van der Waals surface area contributed by atoms with E-state index < -0.39 is 0 Å². The quantitative estimate of drug-likeness (QED) is 0.826. The molecule has 1 fully saturated rings. The number of pyridine rings is 1. The Morgan fingerprint density at radius 3 is 2.60 bits per heavy atom. The maximum absolute atomic E-state index is 12.9. The minimum Gasteiger partial charge on any atom is -0.370 e. The van der Waals surface area contributed by atoms with Crippen molar-refractivity contribution in [3.63, 3.8) is 0 Å². The molecule has 0 saturated carbocycles. The van der Waals surface area contributed by atoms with Crippen LogP contribution in [0.2, 0.25) is 5.02 Å². The highest BCUT2D eigenvalue weighted by molar-refractivity contribution is 6.33. The lowest BCUT2D eigenvalue weighted by molar-refractivity contribution is -0.137. The Labute approximate surface area is 153 Å². The summed E-state index contributed by atoms with van der Waals surface area (Å²) in [7, 11) is 0. The van der Waals surface area contributed by atoms with E-state index in [0.717, 1.165) is 51.1 Å². The van der Waals surface area contributed by atoms with Crippen LogP contribution in [0, 0.1) is 5.92 Å². The molecule has 1 amide bonds. The third kappa shape index (κ3) is 3.36. The van der Waals surface area contributed by atoms with Crippen LogP contribution in [-0.4, -0.2) is 35.4 Å². The van der Waals surface area contributed by atoms with Gasteiger partial charge in [0.05, 0.1) is 10.7 Å². The van der Waals surface area contributed by atoms with E-state index in [-0.39, 0.29) is 5.92 Å². The van der Waals surface area contributed by atoms with E-state index in [1.54, 1.807) is 12.4 Å². The number of fused-ring (bicyclic) bond motifs is 1. The SMILES string of the molecule is O=C(C1CCN(c2ccncc2Cl)CC1)N1CCc2ccccc2C1. The summed E-state index contributed by atoms with van der Waals surface area (Å²) in [5.41, 5.74) is 3.70. The lowest BCUT2D eigenvalue weighted by Gasteiger charge is -2.37. The molecule has 2 aromatic rings. The zero-order valence-electron chi connectivity index (χ0n) is 14.2. The van der Waals surface area contributed by atoms with Gasteiger partial charge in [0.15, 0.2) is 0 Å². The first-order valence-electron chi connectivity index (χ1n) is 8.92. The number of hydrogen-bond donors (Lipinski definition) is 0. The van der Waals surface area contributed by atoms with Gasteiger partial charge in [-0.2, -0.15) is 0 Å². The van der Waals surface area contributed by atoms with Crippen molar-refractivity contribution in [2.24, 2.45) is 5.92 Å². The third-order valence-electron chi connectivity index (χ3n) is 5.38. The molecular formula is C20H22ClN3O. The van der Waals surface area contributed by atoms with E-state index in [1.807, 2.05) is 11.0 Å². The van der Waals surface area contributed by atoms with Crippen LogP contribution in [0.15, 0.2) is 42.7 Å². The van der Waals surface area contributed by atoms with Crippen molar-refractivity contribution >= 4 is 23.2 Å². The molecule has 2 aliphatic rings. The van der Waals surface area contributed by atoms with Gasteiger partial charge in [0.25, 0.3) is 0 Å². The Bertz CT molecular complexity index is 771. The van der Waals surface area contributed by atoms with Gasteiger partial charge in [0.1, 0.15) is 0 Å². The molecule has 4 nitrogen and oxygen atoms in total. The fourth-order valence-corrected chi connectivity index (χ4v) is 4.17. The summed E-state index contributed by atoms with van der Waals surface area (Å²) >= 11 is 6.25. The molecule has 0 aliphatic carbocycles. The van der Waals surface area contributed by atoms with E-state index in [1.165, 1.54) is 11.1 Å². The molecule has 5 heteroatoms. The van der Waals surface area contributed by atoms with Gasteiger partial charge in [0.2, 0.25) is 5.91 Å². The lowest BCUT2D eigenvalue weighted by atomic mass is 9.93. The summed E-state index contributed by atoms with van der Waals surface area (Å²) in [5.74, 6) is 0.442. The van der Waals surface area contributed by atoms with Crippen LogP contribution in [0.4, 0.5) is 5.69 Å². The normalized spacial score (nSPS) is 18.1. The predicted octanol–water partition coefficient (Wildman–Crippen LogP) is 3.54. The third-order valence-corrected chi connectivity index (χ3v) is 5.67. The fourth-order valence-electron chi connectivity index (χ4n) is 3.93. The topological polar surface area (TPSA) is 36.4 Å². The number of carbonyl (C=O) groups excluding carboxylic acids is 1. The number of halogens is 1. The van der Waals surface area contributed by atoms with Crippen LogP contribution < -0.4 is 4.90 Å². The average Bonchev–Trinajstić information content (AvgIpc) is 2.67. The zero-order chi connectivity index (χ0) is 17.2. The minimum absolute atomic E-state index is 0.127. The lowest BCUT2D eigenvalue weighted by Crippen LogP contribution is -2.44. The molecular weight excluding hydrogens is 334 g/mol. The van der Waals surface area contributed by atoms with Gasteiger partial charge in [0, 0.05) is 44.5 Å². The number of piperidine rings is 1. The molecule has 0 radical (unpaired) electrons. The van der Waals surface area contributed by atoms with Crippen molar-refractivity contribution in [2.75, 3.05) is 24.5 Å². The van der Waals surface area contributed by atoms with Crippen LogP contribution >= 0.6 is 11.6 Å². The second-order valence-corrected chi connectivity index (χ2v) is 7.27. The summed E-state index contributed by atoms with van der Waals surface area (Å²) in [6.45, 7) is 3.33. The Hall–Kier alpha value is -2.07. The number of nitrogens with zero attached hydrogens (tertiary/aromatic N) is 3. The largest absolute Gasteiger partial charge is 0.370 e. The van der Waals surface area contributed by atoms with Crippen LogP contribution in [-0.2, 0) is 17.8 Å². The van der Waals surface area contributed by atoms with Crippen molar-refractivity contribution in [3.8, 4) is 0 Å². The number of amides is 1. The van der Waals surface area contributed by atoms with Crippen molar-refractivity contribution in [3.05, 3.63) is 58.9 Å². The first-order valence-corrected chi connectivity index (χ1v) is 9.30. The van der Waals surface area contributed by atoms with E-state index in [2.05, 4.69) is 34.1 Å². The number of anilines is 1. The minimum atomic E-state index is 0.127. The number of hydrogen-bond acceptors (Lipinski definition) is 3. The molecule has 130 valence electrons.